The highest BCUT2D eigenvalue weighted by Crippen LogP contribution is 2.21. The van der Waals surface area contributed by atoms with Gasteiger partial charge < -0.3 is 27.4 Å². The lowest BCUT2D eigenvalue weighted by Gasteiger charge is -2.34. The number of nitrogens with one attached hydrogen (secondary N) is 2. The molecule has 0 unspecified atom stereocenters. The summed E-state index contributed by atoms with van der Waals surface area (Å²) in [6.45, 7) is 2.40. The number of nitrogen functional groups attached to an aromatic ring is 2. The third kappa shape index (κ3) is 6.16. The van der Waals surface area contributed by atoms with Gasteiger partial charge in [-0.1, -0.05) is 11.6 Å². The lowest BCUT2D eigenvalue weighted by atomic mass is 9.92. The van der Waals surface area contributed by atoms with E-state index in [1.165, 1.54) is 4.31 Å². The number of aliphatic imine (C=N–C) groups is 1. The Morgan fingerprint density at radius 1 is 1.06 bits per heavy atom. The van der Waals surface area contributed by atoms with Crippen molar-refractivity contribution in [2.45, 2.75) is 37.8 Å². The zero-order valence-electron chi connectivity index (χ0n) is 17.8. The molecule has 0 radical (unpaired) electrons. The highest BCUT2D eigenvalue weighted by molar-refractivity contribution is 7.87. The van der Waals surface area contributed by atoms with Crippen LogP contribution in [0.25, 0.3) is 0 Å². The number of hydrogen-bond acceptors (Lipinski definition) is 8. The predicted octanol–water partition coefficient (Wildman–Crippen LogP) is -1.27. The van der Waals surface area contributed by atoms with Gasteiger partial charge in [0.2, 0.25) is 0 Å². The lowest BCUT2D eigenvalue weighted by molar-refractivity contribution is 0.0998. The summed E-state index contributed by atoms with van der Waals surface area (Å²) in [6, 6.07) is -0.195. The molecule has 1 aliphatic heterocycles. The monoisotopic (exact) mass is 488 g/mol. The van der Waals surface area contributed by atoms with E-state index in [0.717, 1.165) is 0 Å². The molecular formula is C17H29ClN10O3S. The molecule has 0 aromatic carbocycles. The van der Waals surface area contributed by atoms with Gasteiger partial charge in [-0.05, 0) is 32.7 Å². The maximum atomic E-state index is 12.6. The van der Waals surface area contributed by atoms with Gasteiger partial charge in [0.1, 0.15) is 0 Å². The van der Waals surface area contributed by atoms with E-state index in [4.69, 9.17) is 28.8 Å². The fraction of sp³-hybridized carbons (Fsp3) is 0.647. The van der Waals surface area contributed by atoms with Crippen molar-refractivity contribution in [3.8, 4) is 0 Å². The number of rotatable bonds is 5. The minimum absolute atomic E-state index is 0.0469. The summed E-state index contributed by atoms with van der Waals surface area (Å²) < 4.78 is 29.5. The number of carbonyl (C=O) groups is 1. The normalized spacial score (nSPS) is 23.8. The summed E-state index contributed by atoms with van der Waals surface area (Å²) in [5, 5.41) is 2.83. The fourth-order valence-corrected chi connectivity index (χ4v) is 5.25. The average molecular weight is 489 g/mol. The van der Waals surface area contributed by atoms with Gasteiger partial charge in [0.15, 0.2) is 28.4 Å². The van der Waals surface area contributed by atoms with Gasteiger partial charge in [0, 0.05) is 38.3 Å². The maximum absolute atomic E-state index is 12.6. The fourth-order valence-electron chi connectivity index (χ4n) is 3.67. The van der Waals surface area contributed by atoms with Crippen LogP contribution in [0.5, 0.6) is 0 Å². The Hall–Kier alpha value is -2.26. The van der Waals surface area contributed by atoms with Crippen LogP contribution in [-0.4, -0.2) is 84.8 Å². The Kier molecular flexibility index (Phi) is 7.71. The van der Waals surface area contributed by atoms with Crippen molar-refractivity contribution in [3.63, 3.8) is 0 Å². The largest absolute Gasteiger partial charge is 0.382 e. The molecule has 1 saturated heterocycles. The molecule has 32 heavy (non-hydrogen) atoms. The smallest absolute Gasteiger partial charge is 0.302 e. The van der Waals surface area contributed by atoms with E-state index in [1.54, 1.807) is 0 Å². The van der Waals surface area contributed by atoms with Gasteiger partial charge in [0.25, 0.3) is 10.2 Å². The van der Waals surface area contributed by atoms with E-state index >= 15 is 0 Å². The summed E-state index contributed by atoms with van der Waals surface area (Å²) in [5.41, 5.74) is 16.8. The Balaban J connectivity index is 1.50. The topological polar surface area (TPSA) is 198 Å². The van der Waals surface area contributed by atoms with Crippen LogP contribution in [-0.2, 0) is 10.2 Å². The van der Waals surface area contributed by atoms with Crippen molar-refractivity contribution in [1.29, 1.82) is 0 Å². The molecule has 0 bridgehead atoms. The quantitative estimate of drug-likeness (QED) is 0.246. The zero-order valence-corrected chi connectivity index (χ0v) is 19.4. The van der Waals surface area contributed by atoms with E-state index in [9.17, 15) is 13.2 Å². The van der Waals surface area contributed by atoms with Crippen molar-refractivity contribution in [1.82, 2.24) is 29.2 Å². The number of anilines is 2. The number of guanidine groups is 1. The second-order valence-corrected chi connectivity index (χ2v) is 10.0. The second kappa shape index (κ2) is 10.1. The van der Waals surface area contributed by atoms with Crippen LogP contribution in [0.3, 0.4) is 0 Å². The standard InChI is InChI=1S/C17H29ClN10O3S/c1-27-6-8-28(9-7-27)32(30,31)26-11-4-2-10(3-5-11)22-17(21)25-16(29)12-14(19)24-15(20)13(18)23-12/h10-11,26H,2-9H2,1H3,(H4,19,20,24)(H3,21,22,25,29)/t10-,11-. The Morgan fingerprint density at radius 3 is 2.28 bits per heavy atom. The van der Waals surface area contributed by atoms with Crippen LogP contribution < -0.4 is 27.2 Å². The first-order valence-electron chi connectivity index (χ1n) is 10.2. The van der Waals surface area contributed by atoms with Crippen LogP contribution >= 0.6 is 11.6 Å². The number of piperazine rings is 1. The number of nitrogens with zero attached hydrogens (tertiary/aromatic N) is 5. The van der Waals surface area contributed by atoms with Crippen molar-refractivity contribution in [2.24, 2.45) is 10.7 Å². The number of halogens is 1. The summed E-state index contributed by atoms with van der Waals surface area (Å²) in [6.07, 6.45) is 2.60. The molecule has 1 amide bonds. The molecule has 13 nitrogen and oxygen atoms in total. The molecule has 1 aliphatic carbocycles. The molecule has 1 aromatic heterocycles. The van der Waals surface area contributed by atoms with E-state index in [-0.39, 0.29) is 40.5 Å². The molecule has 0 spiro atoms. The third-order valence-corrected chi connectivity index (χ3v) is 7.48. The van der Waals surface area contributed by atoms with Crippen LogP contribution in [0.4, 0.5) is 11.6 Å². The first kappa shape index (κ1) is 24.4. The third-order valence-electron chi connectivity index (χ3n) is 5.53. The van der Waals surface area contributed by atoms with Crippen molar-refractivity contribution < 1.29 is 13.2 Å². The summed E-state index contributed by atoms with van der Waals surface area (Å²) in [4.78, 5) is 25.7. The van der Waals surface area contributed by atoms with E-state index < -0.39 is 16.1 Å². The zero-order chi connectivity index (χ0) is 23.5. The SMILES string of the molecule is CN1CCN(S(=O)(=O)N[C@H]2CC[C@H](N/C(N)=N/C(=O)c3nc(Cl)c(N)nc3N)CC2)CC1. The second-order valence-electron chi connectivity index (χ2n) is 7.95. The maximum Gasteiger partial charge on any atom is 0.302 e. The summed E-state index contributed by atoms with van der Waals surface area (Å²) in [5.74, 6) is -1.17. The molecular weight excluding hydrogens is 460 g/mol. The van der Waals surface area contributed by atoms with Crippen LogP contribution in [0.1, 0.15) is 36.2 Å². The lowest BCUT2D eigenvalue weighted by Crippen LogP contribution is -2.54. The predicted molar refractivity (Wildman–Crippen MR) is 122 cm³/mol. The van der Waals surface area contributed by atoms with Gasteiger partial charge >= 0.3 is 5.91 Å². The Morgan fingerprint density at radius 2 is 1.66 bits per heavy atom. The van der Waals surface area contributed by atoms with E-state index in [0.29, 0.717) is 51.9 Å². The molecule has 15 heteroatoms. The molecule has 1 saturated carbocycles. The van der Waals surface area contributed by atoms with Crippen LogP contribution in [0, 0.1) is 0 Å². The molecule has 0 atom stereocenters. The Labute approximate surface area is 191 Å². The minimum atomic E-state index is -3.51. The number of carbonyl (C=O) groups excluding carboxylic acids is 1. The highest BCUT2D eigenvalue weighted by Gasteiger charge is 2.30. The van der Waals surface area contributed by atoms with Gasteiger partial charge in [-0.2, -0.15) is 22.4 Å². The van der Waals surface area contributed by atoms with Crippen molar-refractivity contribution >= 4 is 45.3 Å². The van der Waals surface area contributed by atoms with Gasteiger partial charge in [-0.3, -0.25) is 4.79 Å². The van der Waals surface area contributed by atoms with E-state index in [2.05, 4.69) is 29.9 Å². The summed E-state index contributed by atoms with van der Waals surface area (Å²) >= 11 is 5.78. The van der Waals surface area contributed by atoms with Gasteiger partial charge in [-0.25, -0.2) is 9.97 Å². The number of hydrogen-bond donors (Lipinski definition) is 5. The van der Waals surface area contributed by atoms with Crippen molar-refractivity contribution in [2.75, 3.05) is 44.7 Å². The molecule has 8 N–H and O–H groups in total. The summed E-state index contributed by atoms with van der Waals surface area (Å²) in [7, 11) is -1.53. The molecule has 2 aliphatic rings. The molecule has 178 valence electrons. The van der Waals surface area contributed by atoms with E-state index in [1.807, 2.05) is 7.05 Å². The number of likely N-dealkylation sites (N-methyl/N-ethyl adjacent to an activating group) is 1. The first-order chi connectivity index (χ1) is 15.0. The number of aromatic nitrogens is 2. The number of amides is 1. The highest BCUT2D eigenvalue weighted by atomic mass is 35.5. The Bertz CT molecular complexity index is 973. The van der Waals surface area contributed by atoms with Crippen LogP contribution in [0.2, 0.25) is 5.15 Å². The molecule has 2 fully saturated rings. The molecule has 2 heterocycles. The van der Waals surface area contributed by atoms with Gasteiger partial charge in [-0.15, -0.1) is 0 Å². The number of nitrogens with two attached hydrogens (primary N) is 3. The molecule has 1 aromatic rings. The first-order valence-corrected chi connectivity index (χ1v) is 12.1. The average Bonchev–Trinajstić information content (AvgIpc) is 2.72. The molecule has 3 rings (SSSR count). The minimum Gasteiger partial charge on any atom is -0.382 e. The van der Waals surface area contributed by atoms with Crippen molar-refractivity contribution in [3.05, 3.63) is 10.8 Å². The van der Waals surface area contributed by atoms with Crippen LogP contribution in [0.15, 0.2) is 4.99 Å². The van der Waals surface area contributed by atoms with Gasteiger partial charge in [0.05, 0.1) is 0 Å².